The molecule has 0 rings (SSSR count). The number of hydrogen-bond donors (Lipinski definition) is 1. The first-order valence-electron chi connectivity index (χ1n) is 4.58. The maximum absolute atomic E-state index is 11.1. The van der Waals surface area contributed by atoms with E-state index in [1.807, 2.05) is 0 Å². The molecule has 0 amide bonds. The van der Waals surface area contributed by atoms with Crippen LogP contribution in [0.3, 0.4) is 0 Å². The average molecular weight is 205 g/mol. The molecule has 0 aliphatic heterocycles. The molecule has 5 nitrogen and oxygen atoms in total. The summed E-state index contributed by atoms with van der Waals surface area (Å²) in [6, 6.07) is -0.289. The minimum atomic E-state index is -0.289. The molecule has 0 saturated heterocycles. The lowest BCUT2D eigenvalue weighted by Gasteiger charge is -2.13. The molecule has 0 aliphatic rings. The Kier molecular flexibility index (Phi) is 8.51. The van der Waals surface area contributed by atoms with Crippen molar-refractivity contribution in [3.05, 3.63) is 0 Å². The van der Waals surface area contributed by atoms with Gasteiger partial charge in [0.1, 0.15) is 6.04 Å². The molecule has 0 bridgehead atoms. The van der Waals surface area contributed by atoms with Crippen LogP contribution in [0.1, 0.15) is 6.42 Å². The lowest BCUT2D eigenvalue weighted by molar-refractivity contribution is -0.143. The fourth-order valence-electron chi connectivity index (χ4n) is 0.968. The Labute approximate surface area is 84.7 Å². The van der Waals surface area contributed by atoms with Gasteiger partial charge in [0.05, 0.1) is 20.3 Å². The number of hydrogen-bond acceptors (Lipinski definition) is 5. The van der Waals surface area contributed by atoms with Crippen molar-refractivity contribution in [2.45, 2.75) is 12.5 Å². The van der Waals surface area contributed by atoms with E-state index in [-0.39, 0.29) is 12.0 Å². The highest BCUT2D eigenvalue weighted by Crippen LogP contribution is 1.95. The molecule has 1 unspecified atom stereocenters. The van der Waals surface area contributed by atoms with Crippen molar-refractivity contribution >= 4 is 5.97 Å². The maximum Gasteiger partial charge on any atom is 0.322 e. The minimum Gasteiger partial charge on any atom is -0.468 e. The molecular formula is C9H19NO4. The smallest absolute Gasteiger partial charge is 0.322 e. The zero-order valence-electron chi connectivity index (χ0n) is 9.04. The van der Waals surface area contributed by atoms with Gasteiger partial charge in [-0.3, -0.25) is 4.79 Å². The van der Waals surface area contributed by atoms with E-state index in [1.165, 1.54) is 7.11 Å². The Bertz CT molecular complexity index is 152. The molecule has 0 fully saturated rings. The van der Waals surface area contributed by atoms with Crippen LogP contribution in [-0.4, -0.2) is 53.1 Å². The van der Waals surface area contributed by atoms with Gasteiger partial charge < -0.3 is 19.5 Å². The monoisotopic (exact) mass is 205 g/mol. The number of esters is 1. The van der Waals surface area contributed by atoms with Crippen LogP contribution in [0.15, 0.2) is 0 Å². The van der Waals surface area contributed by atoms with Crippen molar-refractivity contribution in [3.8, 4) is 0 Å². The van der Waals surface area contributed by atoms with E-state index < -0.39 is 0 Å². The summed E-state index contributed by atoms with van der Waals surface area (Å²) in [5.74, 6) is -0.261. The summed E-state index contributed by atoms with van der Waals surface area (Å²) in [6.07, 6.45) is 0.604. The molecular weight excluding hydrogens is 186 g/mol. The van der Waals surface area contributed by atoms with Gasteiger partial charge >= 0.3 is 5.97 Å². The average Bonchev–Trinajstić information content (AvgIpc) is 2.22. The second-order valence-electron chi connectivity index (χ2n) is 2.76. The molecule has 1 atom stereocenters. The standard InChI is InChI=1S/C9H19NO4/c1-10-8(9(11)13-3)4-5-14-7-6-12-2/h8,10H,4-7H2,1-3H3. The number of rotatable bonds is 8. The summed E-state index contributed by atoms with van der Waals surface area (Å²) in [5.41, 5.74) is 0. The Morgan fingerprint density at radius 2 is 2.00 bits per heavy atom. The molecule has 0 aromatic heterocycles. The molecule has 0 aliphatic carbocycles. The van der Waals surface area contributed by atoms with E-state index in [2.05, 4.69) is 10.1 Å². The van der Waals surface area contributed by atoms with Crippen molar-refractivity contribution in [2.75, 3.05) is 41.1 Å². The summed E-state index contributed by atoms with van der Waals surface area (Å²) >= 11 is 0. The first kappa shape index (κ1) is 13.4. The van der Waals surface area contributed by atoms with Gasteiger partial charge in [0.2, 0.25) is 0 Å². The number of carbonyl (C=O) groups is 1. The lowest BCUT2D eigenvalue weighted by atomic mass is 10.2. The SMILES string of the molecule is CNC(CCOCCOC)C(=O)OC. The van der Waals surface area contributed by atoms with Crippen LogP contribution in [0, 0.1) is 0 Å². The van der Waals surface area contributed by atoms with Crippen molar-refractivity contribution in [3.63, 3.8) is 0 Å². The fraction of sp³-hybridized carbons (Fsp3) is 0.889. The fourth-order valence-corrected chi connectivity index (χ4v) is 0.968. The first-order chi connectivity index (χ1) is 6.76. The molecule has 0 aromatic carbocycles. The maximum atomic E-state index is 11.1. The van der Waals surface area contributed by atoms with E-state index >= 15 is 0 Å². The van der Waals surface area contributed by atoms with Gasteiger partial charge in [-0.15, -0.1) is 0 Å². The second-order valence-corrected chi connectivity index (χ2v) is 2.76. The van der Waals surface area contributed by atoms with Crippen LogP contribution in [0.4, 0.5) is 0 Å². The highest BCUT2D eigenvalue weighted by molar-refractivity contribution is 5.75. The summed E-state index contributed by atoms with van der Waals surface area (Å²) in [4.78, 5) is 11.1. The van der Waals surface area contributed by atoms with Crippen molar-refractivity contribution in [2.24, 2.45) is 0 Å². The zero-order valence-corrected chi connectivity index (χ0v) is 9.04. The Balaban J connectivity index is 3.48. The van der Waals surface area contributed by atoms with Gasteiger partial charge in [-0.25, -0.2) is 0 Å². The van der Waals surface area contributed by atoms with Gasteiger partial charge in [0, 0.05) is 13.7 Å². The molecule has 5 heteroatoms. The van der Waals surface area contributed by atoms with E-state index in [1.54, 1.807) is 14.2 Å². The van der Waals surface area contributed by atoms with Gasteiger partial charge in [-0.2, -0.15) is 0 Å². The van der Waals surface area contributed by atoms with Crippen molar-refractivity contribution in [1.82, 2.24) is 5.32 Å². The van der Waals surface area contributed by atoms with Gasteiger partial charge in [-0.05, 0) is 13.5 Å². The third kappa shape index (κ3) is 5.90. The third-order valence-electron chi connectivity index (χ3n) is 1.82. The number of nitrogens with one attached hydrogen (secondary N) is 1. The lowest BCUT2D eigenvalue weighted by Crippen LogP contribution is -2.36. The highest BCUT2D eigenvalue weighted by Gasteiger charge is 2.15. The predicted octanol–water partition coefficient (Wildman–Crippen LogP) is -0.199. The van der Waals surface area contributed by atoms with Crippen LogP contribution >= 0.6 is 0 Å². The zero-order chi connectivity index (χ0) is 10.8. The van der Waals surface area contributed by atoms with Crippen LogP contribution < -0.4 is 5.32 Å². The number of ether oxygens (including phenoxy) is 3. The Morgan fingerprint density at radius 1 is 1.29 bits per heavy atom. The molecule has 0 spiro atoms. The largest absolute Gasteiger partial charge is 0.468 e. The first-order valence-corrected chi connectivity index (χ1v) is 4.58. The topological polar surface area (TPSA) is 56.8 Å². The molecule has 84 valence electrons. The van der Waals surface area contributed by atoms with Crippen LogP contribution in [-0.2, 0) is 19.0 Å². The number of carbonyl (C=O) groups excluding carboxylic acids is 1. The highest BCUT2D eigenvalue weighted by atomic mass is 16.5. The van der Waals surface area contributed by atoms with Crippen molar-refractivity contribution in [1.29, 1.82) is 0 Å². The summed E-state index contributed by atoms with van der Waals surface area (Å²) in [7, 11) is 4.71. The Morgan fingerprint density at radius 3 is 2.50 bits per heavy atom. The van der Waals surface area contributed by atoms with Crippen LogP contribution in [0.5, 0.6) is 0 Å². The number of methoxy groups -OCH3 is 2. The second kappa shape index (κ2) is 8.93. The predicted molar refractivity (Wildman–Crippen MR) is 52.2 cm³/mol. The van der Waals surface area contributed by atoms with E-state index in [0.29, 0.717) is 26.2 Å². The minimum absolute atomic E-state index is 0.261. The number of likely N-dealkylation sites (N-methyl/N-ethyl adjacent to an activating group) is 1. The van der Waals surface area contributed by atoms with Gasteiger partial charge in [0.15, 0.2) is 0 Å². The van der Waals surface area contributed by atoms with Crippen LogP contribution in [0.2, 0.25) is 0 Å². The Hall–Kier alpha value is -0.650. The quantitative estimate of drug-likeness (QED) is 0.439. The third-order valence-corrected chi connectivity index (χ3v) is 1.82. The van der Waals surface area contributed by atoms with E-state index in [9.17, 15) is 4.79 Å². The summed E-state index contributed by atoms with van der Waals surface area (Å²) in [5, 5.41) is 2.86. The van der Waals surface area contributed by atoms with E-state index in [0.717, 1.165) is 0 Å². The summed E-state index contributed by atoms with van der Waals surface area (Å²) in [6.45, 7) is 1.64. The molecule has 0 aromatic rings. The van der Waals surface area contributed by atoms with Gasteiger partial charge in [-0.1, -0.05) is 0 Å². The summed E-state index contributed by atoms with van der Waals surface area (Å²) < 4.78 is 14.6. The molecule has 0 saturated carbocycles. The molecule has 0 radical (unpaired) electrons. The van der Waals surface area contributed by atoms with Crippen molar-refractivity contribution < 1.29 is 19.0 Å². The van der Waals surface area contributed by atoms with Crippen LogP contribution in [0.25, 0.3) is 0 Å². The van der Waals surface area contributed by atoms with E-state index in [4.69, 9.17) is 9.47 Å². The molecule has 1 N–H and O–H groups in total. The van der Waals surface area contributed by atoms with Gasteiger partial charge in [0.25, 0.3) is 0 Å². The molecule has 14 heavy (non-hydrogen) atoms. The molecule has 0 heterocycles. The normalized spacial score (nSPS) is 12.5.